The highest BCUT2D eigenvalue weighted by molar-refractivity contribution is 5.70. The number of carboxylic acids is 1. The van der Waals surface area contributed by atoms with Gasteiger partial charge in [-0.3, -0.25) is 4.79 Å². The van der Waals surface area contributed by atoms with Gasteiger partial charge in [-0.25, -0.2) is 0 Å². The first-order valence-electron chi connectivity index (χ1n) is 9.67. The van der Waals surface area contributed by atoms with Crippen molar-refractivity contribution in [2.75, 3.05) is 0 Å². The SMILES string of the molecule is O=C(O)C(CCCc1ccccc1)CCc1ccc(-c2ccc[n+]([O-])c2)cc1. The van der Waals surface area contributed by atoms with Crippen molar-refractivity contribution in [3.05, 3.63) is 95.5 Å². The predicted molar refractivity (Wildman–Crippen MR) is 110 cm³/mol. The highest BCUT2D eigenvalue weighted by Gasteiger charge is 2.17. The number of aromatic nitrogens is 1. The minimum Gasteiger partial charge on any atom is -0.619 e. The van der Waals surface area contributed by atoms with Crippen molar-refractivity contribution >= 4 is 5.97 Å². The summed E-state index contributed by atoms with van der Waals surface area (Å²) in [5.74, 6) is -1.04. The molecular weight excluding hydrogens is 350 g/mol. The Bertz CT molecular complexity index is 891. The Kier molecular flexibility index (Phi) is 6.79. The molecule has 3 rings (SSSR count). The van der Waals surface area contributed by atoms with Crippen LogP contribution in [0.25, 0.3) is 11.1 Å². The maximum atomic E-state index is 11.6. The second-order valence-electron chi connectivity index (χ2n) is 7.10. The van der Waals surface area contributed by atoms with Crippen molar-refractivity contribution < 1.29 is 14.6 Å². The van der Waals surface area contributed by atoms with Gasteiger partial charge in [0.1, 0.15) is 0 Å². The molecule has 1 N–H and O–H groups in total. The highest BCUT2D eigenvalue weighted by Crippen LogP contribution is 2.21. The van der Waals surface area contributed by atoms with Crippen molar-refractivity contribution in [3.8, 4) is 11.1 Å². The lowest BCUT2D eigenvalue weighted by atomic mass is 9.93. The van der Waals surface area contributed by atoms with Crippen molar-refractivity contribution in [2.45, 2.75) is 32.1 Å². The molecule has 0 spiro atoms. The van der Waals surface area contributed by atoms with E-state index < -0.39 is 5.97 Å². The van der Waals surface area contributed by atoms with Gasteiger partial charge in [-0.2, -0.15) is 4.73 Å². The summed E-state index contributed by atoms with van der Waals surface area (Å²) in [6.07, 6.45) is 6.85. The lowest BCUT2D eigenvalue weighted by Crippen LogP contribution is -2.23. The Balaban J connectivity index is 1.52. The smallest absolute Gasteiger partial charge is 0.306 e. The monoisotopic (exact) mass is 375 g/mol. The van der Waals surface area contributed by atoms with Crippen LogP contribution in [0.15, 0.2) is 79.1 Å². The van der Waals surface area contributed by atoms with Crippen molar-refractivity contribution in [3.63, 3.8) is 0 Å². The fraction of sp³-hybridized carbons (Fsp3) is 0.250. The molecule has 4 heteroatoms. The first kappa shape index (κ1) is 19.6. The van der Waals surface area contributed by atoms with Gasteiger partial charge in [-0.05, 0) is 54.9 Å². The van der Waals surface area contributed by atoms with Crippen molar-refractivity contribution in [1.29, 1.82) is 0 Å². The third-order valence-corrected chi connectivity index (χ3v) is 5.05. The summed E-state index contributed by atoms with van der Waals surface area (Å²) < 4.78 is 0.788. The standard InChI is InChI=1S/C24H25NO3/c26-24(27)22(9-4-8-19-6-2-1-3-7-19)16-13-20-11-14-21(15-12-20)23-10-5-17-25(28)18-23/h1-3,5-7,10-12,14-15,17-18,22H,4,8-9,13,16H2,(H,26,27). The minimum atomic E-state index is -0.714. The molecule has 4 nitrogen and oxygen atoms in total. The number of carbonyl (C=O) groups is 1. The number of rotatable bonds is 9. The van der Waals surface area contributed by atoms with Crippen LogP contribution in [0.5, 0.6) is 0 Å². The molecule has 2 aromatic carbocycles. The van der Waals surface area contributed by atoms with E-state index in [9.17, 15) is 15.1 Å². The third-order valence-electron chi connectivity index (χ3n) is 5.05. The van der Waals surface area contributed by atoms with Gasteiger partial charge in [0.15, 0.2) is 12.4 Å². The van der Waals surface area contributed by atoms with Gasteiger partial charge < -0.3 is 10.3 Å². The summed E-state index contributed by atoms with van der Waals surface area (Å²) in [7, 11) is 0. The van der Waals surface area contributed by atoms with Crippen LogP contribution in [-0.4, -0.2) is 11.1 Å². The van der Waals surface area contributed by atoms with E-state index in [1.807, 2.05) is 48.5 Å². The average molecular weight is 375 g/mol. The predicted octanol–water partition coefficient (Wildman–Crippen LogP) is 4.64. The van der Waals surface area contributed by atoms with E-state index in [4.69, 9.17) is 0 Å². The quantitative estimate of drug-likeness (QED) is 0.438. The summed E-state index contributed by atoms with van der Waals surface area (Å²) in [5.41, 5.74) is 4.21. The van der Waals surface area contributed by atoms with Gasteiger partial charge in [0, 0.05) is 11.6 Å². The molecule has 144 valence electrons. The molecule has 0 amide bonds. The van der Waals surface area contributed by atoms with Gasteiger partial charge in [0.2, 0.25) is 0 Å². The number of benzene rings is 2. The lowest BCUT2D eigenvalue weighted by molar-refractivity contribution is -0.604. The van der Waals surface area contributed by atoms with Crippen molar-refractivity contribution in [2.24, 2.45) is 5.92 Å². The number of hydrogen-bond donors (Lipinski definition) is 1. The molecule has 0 aliphatic heterocycles. The summed E-state index contributed by atoms with van der Waals surface area (Å²) in [5, 5.41) is 20.9. The van der Waals surface area contributed by atoms with Crippen LogP contribution in [0.1, 0.15) is 30.4 Å². The molecule has 0 aliphatic rings. The molecule has 0 fully saturated rings. The number of carboxylic acid groups (broad SMARTS) is 1. The molecule has 28 heavy (non-hydrogen) atoms. The Hall–Kier alpha value is -3.14. The van der Waals surface area contributed by atoms with Gasteiger partial charge in [0.05, 0.1) is 5.92 Å². The normalized spacial score (nSPS) is 11.9. The number of nitrogens with zero attached hydrogens (tertiary/aromatic N) is 1. The molecule has 0 bridgehead atoms. The lowest BCUT2D eigenvalue weighted by Gasteiger charge is -2.12. The van der Waals surface area contributed by atoms with Gasteiger partial charge >= 0.3 is 5.97 Å². The fourth-order valence-electron chi connectivity index (χ4n) is 3.42. The van der Waals surface area contributed by atoms with Crippen LogP contribution in [0, 0.1) is 11.1 Å². The Morgan fingerprint density at radius 2 is 1.57 bits per heavy atom. The average Bonchev–Trinajstić information content (AvgIpc) is 2.71. The number of hydrogen-bond acceptors (Lipinski definition) is 2. The zero-order valence-corrected chi connectivity index (χ0v) is 15.8. The number of pyridine rings is 1. The van der Waals surface area contributed by atoms with Crippen LogP contribution < -0.4 is 4.73 Å². The topological polar surface area (TPSA) is 64.2 Å². The minimum absolute atomic E-state index is 0.322. The largest absolute Gasteiger partial charge is 0.619 e. The molecule has 0 aliphatic carbocycles. The van der Waals surface area contributed by atoms with E-state index in [1.165, 1.54) is 11.8 Å². The van der Waals surface area contributed by atoms with Crippen LogP contribution in [0.4, 0.5) is 0 Å². The maximum Gasteiger partial charge on any atom is 0.306 e. The summed E-state index contributed by atoms with van der Waals surface area (Å²) in [4.78, 5) is 11.6. The Labute approximate surface area is 165 Å². The van der Waals surface area contributed by atoms with Crippen LogP contribution in [-0.2, 0) is 17.6 Å². The van der Waals surface area contributed by atoms with Crippen LogP contribution >= 0.6 is 0 Å². The fourth-order valence-corrected chi connectivity index (χ4v) is 3.42. The summed E-state index contributed by atoms with van der Waals surface area (Å²) in [6, 6.07) is 21.8. The third kappa shape index (κ3) is 5.68. The van der Waals surface area contributed by atoms with Gasteiger partial charge in [0.25, 0.3) is 0 Å². The molecule has 0 saturated carbocycles. The van der Waals surface area contributed by atoms with Gasteiger partial charge in [-0.1, -0.05) is 54.6 Å². The van der Waals surface area contributed by atoms with Gasteiger partial charge in [-0.15, -0.1) is 0 Å². The van der Waals surface area contributed by atoms with Crippen LogP contribution in [0.2, 0.25) is 0 Å². The first-order valence-corrected chi connectivity index (χ1v) is 9.67. The molecule has 1 heterocycles. The Morgan fingerprint density at radius 1 is 0.857 bits per heavy atom. The Morgan fingerprint density at radius 3 is 2.25 bits per heavy atom. The first-order chi connectivity index (χ1) is 13.6. The molecule has 3 aromatic rings. The van der Waals surface area contributed by atoms with E-state index in [1.54, 1.807) is 12.3 Å². The second kappa shape index (κ2) is 9.70. The number of aliphatic carboxylic acids is 1. The molecular formula is C24H25NO3. The van der Waals surface area contributed by atoms with Crippen molar-refractivity contribution in [1.82, 2.24) is 0 Å². The zero-order chi connectivity index (χ0) is 19.8. The molecule has 1 unspecified atom stereocenters. The number of aryl methyl sites for hydroxylation is 2. The summed E-state index contributed by atoms with van der Waals surface area (Å²) >= 11 is 0. The molecule has 0 saturated heterocycles. The molecule has 0 radical (unpaired) electrons. The van der Waals surface area contributed by atoms with E-state index in [2.05, 4.69) is 12.1 Å². The van der Waals surface area contributed by atoms with E-state index in [0.717, 1.165) is 40.7 Å². The van der Waals surface area contributed by atoms with E-state index in [-0.39, 0.29) is 5.92 Å². The molecule has 1 atom stereocenters. The molecule has 1 aromatic heterocycles. The summed E-state index contributed by atoms with van der Waals surface area (Å²) in [6.45, 7) is 0. The van der Waals surface area contributed by atoms with E-state index in [0.29, 0.717) is 12.8 Å². The second-order valence-corrected chi connectivity index (χ2v) is 7.10. The van der Waals surface area contributed by atoms with Crippen LogP contribution in [0.3, 0.4) is 0 Å². The highest BCUT2D eigenvalue weighted by atomic mass is 16.5. The van der Waals surface area contributed by atoms with E-state index >= 15 is 0 Å². The maximum absolute atomic E-state index is 11.6. The zero-order valence-electron chi connectivity index (χ0n) is 15.8.